The van der Waals surface area contributed by atoms with E-state index in [4.69, 9.17) is 9.47 Å². The summed E-state index contributed by atoms with van der Waals surface area (Å²) in [5, 5.41) is 10.9. The van der Waals surface area contributed by atoms with E-state index in [-0.39, 0.29) is 12.1 Å². The lowest BCUT2D eigenvalue weighted by Crippen LogP contribution is -2.34. The van der Waals surface area contributed by atoms with Crippen LogP contribution in [-0.2, 0) is 7.05 Å². The van der Waals surface area contributed by atoms with Crippen molar-refractivity contribution in [3.63, 3.8) is 0 Å². The third kappa shape index (κ3) is 4.95. The average Bonchev–Trinajstić information content (AvgIpc) is 3.14. The molecule has 2 aliphatic rings. The highest BCUT2D eigenvalue weighted by Gasteiger charge is 2.27. The van der Waals surface area contributed by atoms with Gasteiger partial charge in [0.05, 0.1) is 24.8 Å². The van der Waals surface area contributed by atoms with Crippen molar-refractivity contribution in [2.24, 2.45) is 12.0 Å². The molecule has 2 atom stereocenters. The SMILES string of the molecule is CN(C)CCOc1cnc(OC2C=CC3N=CNC(Nc4ccn(C)n4)=C3C2)nc1. The van der Waals surface area contributed by atoms with Crippen LogP contribution in [0.2, 0.25) is 0 Å². The molecule has 0 saturated heterocycles. The van der Waals surface area contributed by atoms with Crippen LogP contribution in [0.25, 0.3) is 0 Å². The number of aliphatic imine (C=N–C) groups is 1. The molecule has 10 heteroatoms. The first kappa shape index (κ1) is 19.9. The molecular weight excluding hydrogens is 384 g/mol. The molecule has 0 spiro atoms. The van der Waals surface area contributed by atoms with E-state index in [0.717, 1.165) is 23.8 Å². The highest BCUT2D eigenvalue weighted by atomic mass is 16.5. The van der Waals surface area contributed by atoms with Crippen molar-refractivity contribution < 1.29 is 9.47 Å². The number of aryl methyl sites for hydroxylation is 1. The van der Waals surface area contributed by atoms with Crippen LogP contribution in [0.4, 0.5) is 5.82 Å². The third-order valence-electron chi connectivity index (χ3n) is 4.69. The summed E-state index contributed by atoms with van der Waals surface area (Å²) in [6, 6.07) is 2.21. The van der Waals surface area contributed by atoms with Gasteiger partial charge in [-0.2, -0.15) is 15.1 Å². The fraction of sp³-hybridized carbons (Fsp3) is 0.400. The Morgan fingerprint density at radius 3 is 2.83 bits per heavy atom. The molecule has 0 bridgehead atoms. The maximum absolute atomic E-state index is 5.97. The molecule has 0 radical (unpaired) electrons. The van der Waals surface area contributed by atoms with Crippen LogP contribution < -0.4 is 20.1 Å². The van der Waals surface area contributed by atoms with Crippen molar-refractivity contribution in [2.75, 3.05) is 32.6 Å². The Labute approximate surface area is 175 Å². The minimum Gasteiger partial charge on any atom is -0.489 e. The molecule has 0 saturated carbocycles. The predicted molar refractivity (Wildman–Crippen MR) is 114 cm³/mol. The molecule has 0 amide bonds. The molecule has 4 rings (SSSR count). The van der Waals surface area contributed by atoms with Gasteiger partial charge in [-0.15, -0.1) is 0 Å². The van der Waals surface area contributed by atoms with Gasteiger partial charge in [0.1, 0.15) is 18.5 Å². The zero-order valence-corrected chi connectivity index (χ0v) is 17.3. The highest BCUT2D eigenvalue weighted by Crippen LogP contribution is 2.27. The fourth-order valence-electron chi connectivity index (χ4n) is 3.14. The molecule has 2 N–H and O–H groups in total. The molecule has 10 nitrogen and oxygen atoms in total. The van der Waals surface area contributed by atoms with E-state index >= 15 is 0 Å². The number of hydrogen-bond acceptors (Lipinski definition) is 9. The van der Waals surface area contributed by atoms with E-state index in [0.29, 0.717) is 24.8 Å². The smallest absolute Gasteiger partial charge is 0.317 e. The van der Waals surface area contributed by atoms with Gasteiger partial charge in [0, 0.05) is 37.8 Å². The number of aromatic nitrogens is 4. The number of rotatable bonds is 8. The van der Waals surface area contributed by atoms with Crippen molar-refractivity contribution in [1.82, 2.24) is 30.0 Å². The lowest BCUT2D eigenvalue weighted by molar-refractivity contribution is 0.220. The normalized spacial score (nSPS) is 20.1. The second-order valence-corrected chi connectivity index (χ2v) is 7.37. The number of anilines is 1. The van der Waals surface area contributed by atoms with Gasteiger partial charge in [-0.05, 0) is 20.2 Å². The molecule has 30 heavy (non-hydrogen) atoms. The molecule has 2 aromatic rings. The predicted octanol–water partition coefficient (Wildman–Crippen LogP) is 1.18. The number of hydrogen-bond donors (Lipinski definition) is 2. The third-order valence-corrected chi connectivity index (χ3v) is 4.69. The molecule has 158 valence electrons. The maximum atomic E-state index is 5.97. The largest absolute Gasteiger partial charge is 0.489 e. The van der Waals surface area contributed by atoms with Crippen LogP contribution in [-0.4, -0.2) is 70.4 Å². The molecule has 2 aromatic heterocycles. The minimum atomic E-state index is -0.188. The van der Waals surface area contributed by atoms with Gasteiger partial charge < -0.3 is 25.0 Å². The zero-order valence-electron chi connectivity index (χ0n) is 17.3. The maximum Gasteiger partial charge on any atom is 0.317 e. The summed E-state index contributed by atoms with van der Waals surface area (Å²) in [6.45, 7) is 1.41. The van der Waals surface area contributed by atoms with E-state index in [9.17, 15) is 0 Å². The van der Waals surface area contributed by atoms with E-state index < -0.39 is 0 Å². The second-order valence-electron chi connectivity index (χ2n) is 7.37. The van der Waals surface area contributed by atoms with E-state index in [1.807, 2.05) is 45.6 Å². The molecule has 1 aliphatic carbocycles. The summed E-state index contributed by atoms with van der Waals surface area (Å²) in [7, 11) is 5.88. The minimum absolute atomic E-state index is 0.0225. The number of likely N-dealkylation sites (N-methyl/N-ethyl adjacent to an activating group) is 1. The first-order valence-electron chi connectivity index (χ1n) is 9.79. The second kappa shape index (κ2) is 8.95. The summed E-state index contributed by atoms with van der Waals surface area (Å²) in [5.74, 6) is 2.26. The fourth-order valence-corrected chi connectivity index (χ4v) is 3.14. The Kier molecular flexibility index (Phi) is 5.94. The standard InChI is InChI=1S/C20H26N8O2/c1-27(2)8-9-29-15-11-21-20(22-12-15)30-14-4-5-17-16(10-14)19(24-13-23-17)25-18-6-7-28(3)26-18/h4-7,11-14,17H,8-10H2,1-3H3,(H,23,24)(H,25,26). The van der Waals surface area contributed by atoms with Gasteiger partial charge >= 0.3 is 6.01 Å². The number of nitrogens with one attached hydrogen (secondary N) is 2. The Hall–Kier alpha value is -3.40. The summed E-state index contributed by atoms with van der Waals surface area (Å²) in [6.07, 6.45) is 11.3. The van der Waals surface area contributed by atoms with Crippen molar-refractivity contribution in [2.45, 2.75) is 18.6 Å². The first-order valence-corrected chi connectivity index (χ1v) is 9.79. The number of fused-ring (bicyclic) bond motifs is 1. The van der Waals surface area contributed by atoms with E-state index in [2.05, 4.69) is 35.6 Å². The summed E-state index contributed by atoms with van der Waals surface area (Å²) in [4.78, 5) is 15.1. The van der Waals surface area contributed by atoms with Crippen LogP contribution in [0, 0.1) is 0 Å². The Bertz CT molecular complexity index is 948. The van der Waals surface area contributed by atoms with Crippen LogP contribution in [0.5, 0.6) is 11.8 Å². The summed E-state index contributed by atoms with van der Waals surface area (Å²) in [5.41, 5.74) is 1.10. The lowest BCUT2D eigenvalue weighted by Gasteiger charge is -2.29. The van der Waals surface area contributed by atoms with Gasteiger partial charge in [-0.25, -0.2) is 0 Å². The number of ether oxygens (including phenoxy) is 2. The van der Waals surface area contributed by atoms with Crippen LogP contribution in [0.1, 0.15) is 6.42 Å². The Morgan fingerprint density at radius 1 is 1.27 bits per heavy atom. The summed E-state index contributed by atoms with van der Waals surface area (Å²) >= 11 is 0. The van der Waals surface area contributed by atoms with Crippen LogP contribution in [0.15, 0.2) is 53.2 Å². The highest BCUT2D eigenvalue weighted by molar-refractivity contribution is 5.64. The van der Waals surface area contributed by atoms with Gasteiger partial charge in [0.2, 0.25) is 0 Å². The Morgan fingerprint density at radius 2 is 2.10 bits per heavy atom. The zero-order chi connectivity index (χ0) is 20.9. The van der Waals surface area contributed by atoms with E-state index in [1.165, 1.54) is 0 Å². The average molecular weight is 410 g/mol. The van der Waals surface area contributed by atoms with Crippen molar-refractivity contribution >= 4 is 12.2 Å². The summed E-state index contributed by atoms with van der Waals surface area (Å²) < 4.78 is 13.3. The molecular formula is C20H26N8O2. The van der Waals surface area contributed by atoms with Crippen LogP contribution in [0.3, 0.4) is 0 Å². The van der Waals surface area contributed by atoms with Crippen molar-refractivity contribution in [1.29, 1.82) is 0 Å². The molecule has 1 aliphatic heterocycles. The van der Waals surface area contributed by atoms with Gasteiger partial charge in [0.25, 0.3) is 0 Å². The van der Waals surface area contributed by atoms with Gasteiger partial charge in [0.15, 0.2) is 11.6 Å². The van der Waals surface area contributed by atoms with Gasteiger partial charge in [-0.3, -0.25) is 9.67 Å². The lowest BCUT2D eigenvalue weighted by atomic mass is 9.93. The topological polar surface area (TPSA) is 102 Å². The quantitative estimate of drug-likeness (QED) is 0.626. The van der Waals surface area contributed by atoms with Crippen molar-refractivity contribution in [3.05, 3.63) is 48.2 Å². The molecule has 2 unspecified atom stereocenters. The Balaban J connectivity index is 1.40. The molecule has 0 aromatic carbocycles. The van der Waals surface area contributed by atoms with Crippen LogP contribution >= 0.6 is 0 Å². The van der Waals surface area contributed by atoms with Crippen molar-refractivity contribution in [3.8, 4) is 11.8 Å². The van der Waals surface area contributed by atoms with Gasteiger partial charge in [-0.1, -0.05) is 6.08 Å². The first-order chi connectivity index (χ1) is 14.6. The number of nitrogens with zero attached hydrogens (tertiary/aromatic N) is 6. The molecule has 3 heterocycles. The van der Waals surface area contributed by atoms with E-state index in [1.54, 1.807) is 23.4 Å². The molecule has 0 fully saturated rings. The monoisotopic (exact) mass is 410 g/mol.